The van der Waals surface area contributed by atoms with Gasteiger partial charge in [-0.05, 0) is 12.5 Å². The molecule has 0 spiro atoms. The minimum absolute atomic E-state index is 0.324. The van der Waals surface area contributed by atoms with Crippen molar-refractivity contribution in [3.8, 4) is 0 Å². The van der Waals surface area contributed by atoms with Gasteiger partial charge in [-0.25, -0.2) is 4.79 Å². The maximum atomic E-state index is 11.5. The molecule has 2 rings (SSSR count). The molecule has 0 bridgehead atoms. The summed E-state index contributed by atoms with van der Waals surface area (Å²) in [7, 11) is 0. The Bertz CT molecular complexity index is 307. The fourth-order valence-corrected chi connectivity index (χ4v) is 1.97. The molecular weight excluding hydrogens is 212 g/mol. The van der Waals surface area contributed by atoms with Crippen LogP contribution in [0.3, 0.4) is 0 Å². The van der Waals surface area contributed by atoms with Gasteiger partial charge in [-0.1, -0.05) is 6.92 Å². The molecule has 1 unspecified atom stereocenters. The van der Waals surface area contributed by atoms with E-state index in [1.165, 1.54) is 4.90 Å². The number of aliphatic hydroxyl groups excluding tert-OH is 2. The highest BCUT2D eigenvalue weighted by Gasteiger charge is 2.45. The Morgan fingerprint density at radius 3 is 2.88 bits per heavy atom. The Balaban J connectivity index is 2.13. The molecular formula is C10H16N2O4. The molecule has 2 aliphatic heterocycles. The van der Waals surface area contributed by atoms with Gasteiger partial charge in [0.1, 0.15) is 12.2 Å². The van der Waals surface area contributed by atoms with Gasteiger partial charge in [0.05, 0.1) is 6.10 Å². The van der Waals surface area contributed by atoms with E-state index in [9.17, 15) is 15.0 Å². The summed E-state index contributed by atoms with van der Waals surface area (Å²) in [5, 5.41) is 22.1. The smallest absolute Gasteiger partial charge is 0.323 e. The first-order valence-electron chi connectivity index (χ1n) is 5.39. The first-order valence-corrected chi connectivity index (χ1v) is 5.39. The molecule has 0 radical (unpaired) electrons. The van der Waals surface area contributed by atoms with Crippen LogP contribution in [-0.2, 0) is 4.74 Å². The van der Waals surface area contributed by atoms with Gasteiger partial charge in [-0.3, -0.25) is 4.90 Å². The highest BCUT2D eigenvalue weighted by Crippen LogP contribution is 2.26. The molecule has 90 valence electrons. The fourth-order valence-electron chi connectivity index (χ4n) is 1.97. The molecule has 0 saturated carbocycles. The first-order chi connectivity index (χ1) is 7.65. The molecule has 0 aromatic rings. The Hall–Kier alpha value is -1.11. The number of nitrogens with one attached hydrogen (secondary N) is 1. The van der Waals surface area contributed by atoms with Crippen molar-refractivity contribution in [2.75, 3.05) is 6.54 Å². The number of urea groups is 1. The predicted octanol–water partition coefficient (Wildman–Crippen LogP) is -0.618. The Kier molecular flexibility index (Phi) is 3.13. The Labute approximate surface area is 93.5 Å². The molecule has 0 aromatic carbocycles. The average molecular weight is 228 g/mol. The van der Waals surface area contributed by atoms with Gasteiger partial charge in [0, 0.05) is 12.7 Å². The van der Waals surface area contributed by atoms with Crippen molar-refractivity contribution < 1.29 is 19.7 Å². The van der Waals surface area contributed by atoms with Crippen LogP contribution in [0.4, 0.5) is 4.79 Å². The maximum Gasteiger partial charge on any atom is 0.323 e. The van der Waals surface area contributed by atoms with Gasteiger partial charge < -0.3 is 20.3 Å². The normalized spacial score (nSPS) is 38.9. The van der Waals surface area contributed by atoms with Crippen LogP contribution in [0.25, 0.3) is 0 Å². The van der Waals surface area contributed by atoms with Crippen LogP contribution in [-0.4, -0.2) is 52.2 Å². The van der Waals surface area contributed by atoms with E-state index in [-0.39, 0.29) is 6.03 Å². The zero-order valence-corrected chi connectivity index (χ0v) is 9.04. The van der Waals surface area contributed by atoms with Gasteiger partial charge >= 0.3 is 6.03 Å². The summed E-state index contributed by atoms with van der Waals surface area (Å²) in [6, 6.07) is -0.324. The highest BCUT2D eigenvalue weighted by molar-refractivity contribution is 5.76. The van der Waals surface area contributed by atoms with Crippen molar-refractivity contribution in [2.45, 2.75) is 37.9 Å². The lowest BCUT2D eigenvalue weighted by Crippen LogP contribution is -2.50. The van der Waals surface area contributed by atoms with Crippen LogP contribution in [0, 0.1) is 0 Å². The number of hydrogen-bond acceptors (Lipinski definition) is 4. The van der Waals surface area contributed by atoms with Gasteiger partial charge in [-0.15, -0.1) is 0 Å². The molecule has 0 aliphatic carbocycles. The zero-order valence-electron chi connectivity index (χ0n) is 9.04. The second-order valence-electron chi connectivity index (χ2n) is 3.93. The average Bonchev–Trinajstić information content (AvgIpc) is 2.57. The number of carbonyl (C=O) groups is 1. The molecule has 6 nitrogen and oxygen atoms in total. The number of carbonyl (C=O) groups excluding carboxylic acids is 1. The van der Waals surface area contributed by atoms with Crippen LogP contribution in [0.15, 0.2) is 12.3 Å². The van der Waals surface area contributed by atoms with Crippen molar-refractivity contribution in [3.05, 3.63) is 12.3 Å². The molecule has 0 aromatic heterocycles. The number of hydrogen-bond donors (Lipinski definition) is 3. The zero-order chi connectivity index (χ0) is 11.7. The fraction of sp³-hybridized carbons (Fsp3) is 0.700. The highest BCUT2D eigenvalue weighted by atomic mass is 16.6. The number of rotatable bonds is 2. The number of nitrogens with zero attached hydrogens (tertiary/aromatic N) is 1. The van der Waals surface area contributed by atoms with E-state index >= 15 is 0 Å². The predicted molar refractivity (Wildman–Crippen MR) is 55.3 cm³/mol. The van der Waals surface area contributed by atoms with Gasteiger partial charge in [0.15, 0.2) is 6.23 Å². The molecule has 16 heavy (non-hydrogen) atoms. The summed E-state index contributed by atoms with van der Waals surface area (Å²) in [4.78, 5) is 12.8. The van der Waals surface area contributed by atoms with Crippen molar-refractivity contribution in [1.29, 1.82) is 0 Å². The van der Waals surface area contributed by atoms with Crippen molar-refractivity contribution >= 4 is 6.03 Å². The molecule has 2 heterocycles. The van der Waals surface area contributed by atoms with Crippen LogP contribution in [0.5, 0.6) is 0 Å². The molecule has 3 N–H and O–H groups in total. The lowest BCUT2D eigenvalue weighted by atomic mass is 10.1. The summed E-state index contributed by atoms with van der Waals surface area (Å²) >= 11 is 0. The quantitative estimate of drug-likeness (QED) is 0.588. The number of amides is 2. The largest absolute Gasteiger partial charge is 0.388 e. The van der Waals surface area contributed by atoms with E-state index in [2.05, 4.69) is 5.32 Å². The minimum atomic E-state index is -1.07. The van der Waals surface area contributed by atoms with Crippen LogP contribution >= 0.6 is 0 Å². The summed E-state index contributed by atoms with van der Waals surface area (Å²) in [6.45, 7) is 2.33. The maximum absolute atomic E-state index is 11.5. The summed E-state index contributed by atoms with van der Waals surface area (Å²) in [5.74, 6) is 0. The van der Waals surface area contributed by atoms with Crippen LogP contribution in [0.2, 0.25) is 0 Å². The van der Waals surface area contributed by atoms with Crippen LogP contribution in [0.1, 0.15) is 13.3 Å². The summed E-state index contributed by atoms with van der Waals surface area (Å²) in [5.41, 5.74) is 0. The molecule has 6 heteroatoms. The molecule has 1 fully saturated rings. The van der Waals surface area contributed by atoms with E-state index in [4.69, 9.17) is 4.74 Å². The summed E-state index contributed by atoms with van der Waals surface area (Å²) in [6.07, 6.45) is 0.658. The Morgan fingerprint density at radius 2 is 2.31 bits per heavy atom. The van der Waals surface area contributed by atoms with E-state index in [0.29, 0.717) is 13.0 Å². The second kappa shape index (κ2) is 4.40. The van der Waals surface area contributed by atoms with E-state index in [1.54, 1.807) is 12.3 Å². The standard InChI is InChI=1S/C10H16N2O4/c1-2-6-7(13)8(14)9(16-6)12-5-3-4-11-10(12)15/h3,5-9,13-14H,2,4H2,1H3,(H,11,15)/t6-,7?,8+,9-/m1/s1. The number of aliphatic hydroxyl groups is 2. The third kappa shape index (κ3) is 1.79. The third-order valence-electron chi connectivity index (χ3n) is 2.89. The molecule has 2 aliphatic rings. The lowest BCUT2D eigenvalue weighted by molar-refractivity contribution is -0.0540. The lowest BCUT2D eigenvalue weighted by Gasteiger charge is -2.29. The van der Waals surface area contributed by atoms with E-state index in [0.717, 1.165) is 0 Å². The molecule has 1 saturated heterocycles. The molecule has 2 amide bonds. The van der Waals surface area contributed by atoms with Gasteiger partial charge in [0.2, 0.25) is 0 Å². The van der Waals surface area contributed by atoms with Crippen molar-refractivity contribution in [3.63, 3.8) is 0 Å². The second-order valence-corrected chi connectivity index (χ2v) is 3.93. The SMILES string of the molecule is CC[C@H]1O[C@@H](N2C=CCNC2=O)[C@@H](O)C1O. The van der Waals surface area contributed by atoms with Crippen LogP contribution < -0.4 is 5.32 Å². The summed E-state index contributed by atoms with van der Waals surface area (Å²) < 4.78 is 5.46. The Morgan fingerprint density at radius 1 is 1.56 bits per heavy atom. The van der Waals surface area contributed by atoms with Crippen molar-refractivity contribution in [1.82, 2.24) is 10.2 Å². The topological polar surface area (TPSA) is 82.0 Å². The third-order valence-corrected chi connectivity index (χ3v) is 2.89. The van der Waals surface area contributed by atoms with Gasteiger partial charge in [0.25, 0.3) is 0 Å². The number of ether oxygens (including phenoxy) is 1. The monoisotopic (exact) mass is 228 g/mol. The van der Waals surface area contributed by atoms with Gasteiger partial charge in [-0.2, -0.15) is 0 Å². The minimum Gasteiger partial charge on any atom is -0.388 e. The molecule has 4 atom stereocenters. The van der Waals surface area contributed by atoms with E-state index in [1.807, 2.05) is 6.92 Å². The van der Waals surface area contributed by atoms with E-state index < -0.39 is 24.5 Å². The van der Waals surface area contributed by atoms with Crippen molar-refractivity contribution in [2.24, 2.45) is 0 Å². The first kappa shape index (κ1) is 11.4.